The van der Waals surface area contributed by atoms with Gasteiger partial charge in [-0.15, -0.1) is 0 Å². The fourth-order valence-corrected chi connectivity index (χ4v) is 3.56. The van der Waals surface area contributed by atoms with E-state index in [9.17, 15) is 9.90 Å². The van der Waals surface area contributed by atoms with Gasteiger partial charge in [0.1, 0.15) is 0 Å². The Morgan fingerprint density at radius 1 is 1.26 bits per heavy atom. The Hall–Kier alpha value is -0.690. The minimum Gasteiger partial charge on any atom is -0.391 e. The number of nitrogens with one attached hydrogen (secondary N) is 1. The van der Waals surface area contributed by atoms with Crippen LogP contribution in [0, 0.1) is 5.92 Å². The highest BCUT2D eigenvalue weighted by molar-refractivity contribution is 5.76. The van der Waals surface area contributed by atoms with Crippen LogP contribution in [-0.4, -0.2) is 67.5 Å². The number of morpholine rings is 1. The van der Waals surface area contributed by atoms with Gasteiger partial charge in [0.2, 0.25) is 5.91 Å². The maximum absolute atomic E-state index is 11.9. The fourth-order valence-electron chi connectivity index (χ4n) is 3.56. The number of carbonyl (C=O) groups is 1. The summed E-state index contributed by atoms with van der Waals surface area (Å²) >= 11 is 0. The average Bonchev–Trinajstić information content (AvgIpc) is 2.56. The molecule has 2 fully saturated rings. The molecule has 1 heterocycles. The van der Waals surface area contributed by atoms with Crippen molar-refractivity contribution in [1.82, 2.24) is 10.2 Å². The maximum atomic E-state index is 11.9. The smallest absolute Gasteiger partial charge is 0.222 e. The van der Waals surface area contributed by atoms with E-state index in [1.54, 1.807) is 0 Å². The first-order chi connectivity index (χ1) is 11.1. The normalized spacial score (nSPS) is 23.4. The van der Waals surface area contributed by atoms with E-state index in [-0.39, 0.29) is 18.4 Å². The predicted octanol–water partition coefficient (Wildman–Crippen LogP) is 0.484. The van der Waals surface area contributed by atoms with Crippen molar-refractivity contribution in [3.63, 3.8) is 0 Å². The van der Waals surface area contributed by atoms with Gasteiger partial charge in [-0.3, -0.25) is 9.69 Å². The molecule has 0 aromatic rings. The van der Waals surface area contributed by atoms with Crippen LogP contribution in [0.2, 0.25) is 0 Å². The van der Waals surface area contributed by atoms with Crippen LogP contribution >= 0.6 is 0 Å². The van der Waals surface area contributed by atoms with Crippen molar-refractivity contribution < 1.29 is 14.6 Å². The molecule has 0 radical (unpaired) electrons. The second-order valence-corrected chi connectivity index (χ2v) is 6.98. The van der Waals surface area contributed by atoms with Gasteiger partial charge in [0.15, 0.2) is 0 Å². The van der Waals surface area contributed by atoms with E-state index in [4.69, 9.17) is 10.5 Å². The second kappa shape index (κ2) is 10.2. The van der Waals surface area contributed by atoms with E-state index in [1.807, 2.05) is 0 Å². The number of nitrogens with two attached hydrogens (primary N) is 1. The summed E-state index contributed by atoms with van der Waals surface area (Å²) in [5.41, 5.74) is 6.09. The molecule has 1 amide bonds. The molecule has 0 bridgehead atoms. The van der Waals surface area contributed by atoms with Crippen molar-refractivity contribution in [2.45, 2.75) is 57.1 Å². The van der Waals surface area contributed by atoms with Crippen LogP contribution in [0.25, 0.3) is 0 Å². The van der Waals surface area contributed by atoms with Gasteiger partial charge in [0.05, 0.1) is 25.7 Å². The number of hydrogen-bond acceptors (Lipinski definition) is 5. The van der Waals surface area contributed by atoms with Gasteiger partial charge < -0.3 is 20.9 Å². The van der Waals surface area contributed by atoms with Crippen LogP contribution in [-0.2, 0) is 9.53 Å². The van der Waals surface area contributed by atoms with Crippen LogP contribution in [0.5, 0.6) is 0 Å². The zero-order valence-electron chi connectivity index (χ0n) is 14.2. The largest absolute Gasteiger partial charge is 0.391 e. The summed E-state index contributed by atoms with van der Waals surface area (Å²) in [7, 11) is 0. The quantitative estimate of drug-likeness (QED) is 0.604. The topological polar surface area (TPSA) is 87.8 Å². The van der Waals surface area contributed by atoms with Crippen molar-refractivity contribution in [1.29, 1.82) is 0 Å². The van der Waals surface area contributed by atoms with E-state index < -0.39 is 6.10 Å². The number of amides is 1. The number of aliphatic hydroxyl groups is 1. The zero-order chi connectivity index (χ0) is 16.5. The minimum absolute atomic E-state index is 0.107. The van der Waals surface area contributed by atoms with E-state index >= 15 is 0 Å². The fraction of sp³-hybridized carbons (Fsp3) is 0.941. The Morgan fingerprint density at radius 3 is 2.65 bits per heavy atom. The number of aliphatic hydroxyl groups excluding tert-OH is 1. The van der Waals surface area contributed by atoms with Crippen LogP contribution < -0.4 is 11.1 Å². The van der Waals surface area contributed by atoms with E-state index in [1.165, 1.54) is 32.1 Å². The highest BCUT2D eigenvalue weighted by Gasteiger charge is 2.23. The number of nitrogens with zero attached hydrogens (tertiary/aromatic N) is 1. The molecule has 1 saturated carbocycles. The first-order valence-corrected chi connectivity index (χ1v) is 9.15. The summed E-state index contributed by atoms with van der Waals surface area (Å²) in [5.74, 6) is 0.516. The standard InChI is InChI=1S/C17H33N3O3/c18-15(12-14-4-2-1-3-5-14)16(21)13-17(22)19-6-7-20-8-10-23-11-9-20/h14-16,21H,1-13,18H2,(H,19,22)/t15-,16-/m0/s1. The lowest BCUT2D eigenvalue weighted by Crippen LogP contribution is -2.43. The van der Waals surface area contributed by atoms with Crippen LogP contribution in [0.3, 0.4) is 0 Å². The molecule has 2 aliphatic rings. The molecular formula is C17H33N3O3. The summed E-state index contributed by atoms with van der Waals surface area (Å²) in [5, 5.41) is 13.0. The van der Waals surface area contributed by atoms with Crippen molar-refractivity contribution in [3.05, 3.63) is 0 Å². The summed E-state index contributed by atoms with van der Waals surface area (Å²) in [4.78, 5) is 14.2. The Morgan fingerprint density at radius 2 is 1.96 bits per heavy atom. The molecule has 23 heavy (non-hydrogen) atoms. The Labute approximate surface area is 139 Å². The summed E-state index contributed by atoms with van der Waals surface area (Å²) < 4.78 is 5.29. The van der Waals surface area contributed by atoms with Gasteiger partial charge in [-0.1, -0.05) is 32.1 Å². The van der Waals surface area contributed by atoms with Gasteiger partial charge >= 0.3 is 0 Å². The molecule has 2 atom stereocenters. The van der Waals surface area contributed by atoms with Crippen LogP contribution in [0.15, 0.2) is 0 Å². The highest BCUT2D eigenvalue weighted by atomic mass is 16.5. The number of rotatable bonds is 8. The first-order valence-electron chi connectivity index (χ1n) is 9.15. The van der Waals surface area contributed by atoms with Crippen LogP contribution in [0.1, 0.15) is 44.9 Å². The van der Waals surface area contributed by atoms with Crippen molar-refractivity contribution in [2.75, 3.05) is 39.4 Å². The number of hydrogen-bond donors (Lipinski definition) is 3. The molecule has 6 nitrogen and oxygen atoms in total. The third kappa shape index (κ3) is 7.16. The van der Waals surface area contributed by atoms with Gasteiger partial charge in [0.25, 0.3) is 0 Å². The molecule has 1 aliphatic heterocycles. The van der Waals surface area contributed by atoms with Crippen LogP contribution in [0.4, 0.5) is 0 Å². The van der Waals surface area contributed by atoms with E-state index in [0.717, 1.165) is 39.3 Å². The van der Waals surface area contributed by atoms with Crippen molar-refractivity contribution >= 4 is 5.91 Å². The second-order valence-electron chi connectivity index (χ2n) is 6.98. The monoisotopic (exact) mass is 327 g/mol. The van der Waals surface area contributed by atoms with Gasteiger partial charge in [0, 0.05) is 32.2 Å². The Bertz CT molecular complexity index is 342. The lowest BCUT2D eigenvalue weighted by molar-refractivity contribution is -0.123. The molecule has 1 aliphatic carbocycles. The number of ether oxygens (including phenoxy) is 1. The van der Waals surface area contributed by atoms with Crippen molar-refractivity contribution in [2.24, 2.45) is 11.7 Å². The van der Waals surface area contributed by atoms with Gasteiger partial charge in [-0.2, -0.15) is 0 Å². The molecular weight excluding hydrogens is 294 g/mol. The lowest BCUT2D eigenvalue weighted by atomic mass is 9.83. The molecule has 0 spiro atoms. The van der Waals surface area contributed by atoms with Crippen molar-refractivity contribution in [3.8, 4) is 0 Å². The molecule has 6 heteroatoms. The third-order valence-electron chi connectivity index (χ3n) is 5.07. The molecule has 1 saturated heterocycles. The van der Waals surface area contributed by atoms with Gasteiger partial charge in [-0.25, -0.2) is 0 Å². The molecule has 2 rings (SSSR count). The zero-order valence-corrected chi connectivity index (χ0v) is 14.2. The minimum atomic E-state index is -0.736. The van der Waals surface area contributed by atoms with E-state index in [2.05, 4.69) is 10.2 Å². The predicted molar refractivity (Wildman–Crippen MR) is 90.1 cm³/mol. The highest BCUT2D eigenvalue weighted by Crippen LogP contribution is 2.27. The summed E-state index contributed by atoms with van der Waals surface area (Å²) in [6.45, 7) is 4.82. The lowest BCUT2D eigenvalue weighted by Gasteiger charge is -2.27. The maximum Gasteiger partial charge on any atom is 0.222 e. The Balaban J connectivity index is 1.57. The summed E-state index contributed by atoms with van der Waals surface area (Å²) in [6, 6.07) is -0.289. The molecule has 134 valence electrons. The molecule has 4 N–H and O–H groups in total. The van der Waals surface area contributed by atoms with E-state index in [0.29, 0.717) is 12.5 Å². The number of carbonyl (C=O) groups excluding carboxylic acids is 1. The Kier molecular flexibility index (Phi) is 8.30. The summed E-state index contributed by atoms with van der Waals surface area (Å²) in [6.07, 6.45) is 6.50. The first kappa shape index (κ1) is 18.6. The van der Waals surface area contributed by atoms with Gasteiger partial charge in [-0.05, 0) is 12.3 Å². The molecule has 0 aromatic heterocycles. The molecule has 0 unspecified atom stereocenters. The molecule has 0 aromatic carbocycles. The average molecular weight is 327 g/mol. The third-order valence-corrected chi connectivity index (χ3v) is 5.07. The SMILES string of the molecule is N[C@@H](CC1CCCCC1)[C@@H](O)CC(=O)NCCN1CCOCC1.